The van der Waals surface area contributed by atoms with Gasteiger partial charge in [0.15, 0.2) is 5.16 Å². The molecule has 0 unspecified atom stereocenters. The Kier molecular flexibility index (Phi) is 5.68. The number of carbonyl (C=O) groups is 1. The molecule has 0 saturated heterocycles. The summed E-state index contributed by atoms with van der Waals surface area (Å²) in [4.78, 5) is 23.2. The van der Waals surface area contributed by atoms with Crippen molar-refractivity contribution in [2.24, 2.45) is 0 Å². The van der Waals surface area contributed by atoms with Crippen molar-refractivity contribution in [2.45, 2.75) is 11.6 Å². The number of rotatable bonds is 6. The zero-order valence-corrected chi connectivity index (χ0v) is 15.4. The minimum absolute atomic E-state index is 0.141. The number of hydrogen-bond acceptors (Lipinski definition) is 4. The van der Waals surface area contributed by atoms with Crippen LogP contribution in [0.2, 0.25) is 0 Å². The maximum absolute atomic E-state index is 13.2. The number of benzene rings is 1. The van der Waals surface area contributed by atoms with Gasteiger partial charge in [-0.25, -0.2) is 9.37 Å². The van der Waals surface area contributed by atoms with Crippen LogP contribution in [0.3, 0.4) is 0 Å². The van der Waals surface area contributed by atoms with Crippen molar-refractivity contribution in [2.75, 3.05) is 19.8 Å². The topological polar surface area (TPSA) is 51.0 Å². The molecule has 1 aromatic carbocycles. The minimum Gasteiger partial charge on any atom is -0.340 e. The summed E-state index contributed by atoms with van der Waals surface area (Å²) >= 11 is 1.43. The smallest absolute Gasteiger partial charge is 0.272 e. The fourth-order valence-electron chi connectivity index (χ4n) is 2.59. The maximum atomic E-state index is 13.2. The molecule has 0 fully saturated rings. The molecule has 7 heteroatoms. The highest BCUT2D eigenvalue weighted by atomic mass is 32.2. The predicted octanol–water partition coefficient (Wildman–Crippen LogP) is 3.44. The third-order valence-electron chi connectivity index (χ3n) is 3.99. The average Bonchev–Trinajstić information content (AvgIpc) is 3.11. The summed E-state index contributed by atoms with van der Waals surface area (Å²) < 4.78 is 15.0. The lowest BCUT2D eigenvalue weighted by Gasteiger charge is -2.18. The van der Waals surface area contributed by atoms with Crippen molar-refractivity contribution < 1.29 is 9.18 Å². The Hall–Kier alpha value is -2.67. The highest BCUT2D eigenvalue weighted by Gasteiger charge is 2.20. The first-order valence-corrected chi connectivity index (χ1v) is 9.35. The van der Waals surface area contributed by atoms with E-state index in [4.69, 9.17) is 0 Å². The van der Waals surface area contributed by atoms with Gasteiger partial charge in [-0.3, -0.25) is 14.3 Å². The molecule has 0 aliphatic rings. The molecule has 2 heterocycles. The molecule has 1 amide bonds. The molecule has 0 aliphatic carbocycles. The molecule has 0 atom stereocenters. The van der Waals surface area contributed by atoms with Crippen molar-refractivity contribution in [3.8, 4) is 5.69 Å². The van der Waals surface area contributed by atoms with Crippen LogP contribution in [0, 0.1) is 5.82 Å². The van der Waals surface area contributed by atoms with Gasteiger partial charge >= 0.3 is 0 Å². The lowest BCUT2D eigenvalue weighted by Crippen LogP contribution is -2.30. The number of amides is 1. The molecular weight excluding hydrogens is 351 g/mol. The number of aromatic nitrogens is 3. The third-order valence-corrected chi connectivity index (χ3v) is 4.65. The summed E-state index contributed by atoms with van der Waals surface area (Å²) in [5, 5.41) is 0.679. The van der Waals surface area contributed by atoms with E-state index >= 15 is 0 Å². The highest BCUT2D eigenvalue weighted by molar-refractivity contribution is 7.98. The Bertz CT molecular complexity index is 880. The second-order valence-corrected chi connectivity index (χ2v) is 6.51. The molecule has 5 nitrogen and oxygen atoms in total. The van der Waals surface area contributed by atoms with E-state index in [0.717, 1.165) is 5.69 Å². The summed E-state index contributed by atoms with van der Waals surface area (Å²) in [5.41, 5.74) is 2.09. The second-order valence-electron chi connectivity index (χ2n) is 5.74. The number of thioether (sulfide) groups is 1. The standard InChI is InChI=1S/C19H19FN4OS/c1-23(12-10-15-5-3-4-11-21-15)18(25)17-13-22-19(26-2)24(17)16-8-6-14(20)7-9-16/h3-9,11,13H,10,12H2,1-2H3. The van der Waals surface area contributed by atoms with Crippen LogP contribution in [-0.2, 0) is 6.42 Å². The van der Waals surface area contributed by atoms with Gasteiger partial charge in [0.2, 0.25) is 0 Å². The first-order valence-electron chi connectivity index (χ1n) is 8.13. The summed E-state index contributed by atoms with van der Waals surface area (Å²) in [5.74, 6) is -0.460. The number of halogens is 1. The van der Waals surface area contributed by atoms with Gasteiger partial charge in [-0.1, -0.05) is 17.8 Å². The normalized spacial score (nSPS) is 10.7. The van der Waals surface area contributed by atoms with Gasteiger partial charge in [-0.15, -0.1) is 0 Å². The quantitative estimate of drug-likeness (QED) is 0.624. The van der Waals surface area contributed by atoms with Gasteiger partial charge < -0.3 is 4.90 Å². The largest absolute Gasteiger partial charge is 0.340 e. The molecule has 0 N–H and O–H groups in total. The molecule has 3 rings (SSSR count). The zero-order chi connectivity index (χ0) is 18.5. The summed E-state index contributed by atoms with van der Waals surface area (Å²) in [6.45, 7) is 0.541. The molecule has 0 spiro atoms. The molecular formula is C19H19FN4OS. The molecule has 0 saturated carbocycles. The van der Waals surface area contributed by atoms with Gasteiger partial charge in [0.25, 0.3) is 5.91 Å². The Morgan fingerprint density at radius 2 is 1.96 bits per heavy atom. The highest BCUT2D eigenvalue weighted by Crippen LogP contribution is 2.22. The van der Waals surface area contributed by atoms with Crippen LogP contribution in [0.5, 0.6) is 0 Å². The Morgan fingerprint density at radius 1 is 1.19 bits per heavy atom. The lowest BCUT2D eigenvalue weighted by atomic mass is 10.2. The number of likely N-dealkylation sites (N-methyl/N-ethyl adjacent to an activating group) is 1. The van der Waals surface area contributed by atoms with Gasteiger partial charge in [-0.05, 0) is 42.7 Å². The van der Waals surface area contributed by atoms with Gasteiger partial charge in [0.1, 0.15) is 11.5 Å². The Balaban J connectivity index is 1.82. The fourth-order valence-corrected chi connectivity index (χ4v) is 3.14. The number of pyridine rings is 1. The van der Waals surface area contributed by atoms with Crippen molar-refractivity contribution in [3.05, 3.63) is 72.1 Å². The second kappa shape index (κ2) is 8.14. The molecule has 0 bridgehead atoms. The molecule has 0 aliphatic heterocycles. The summed E-state index contributed by atoms with van der Waals surface area (Å²) in [6.07, 6.45) is 5.87. The van der Waals surface area contributed by atoms with Crippen molar-refractivity contribution >= 4 is 17.7 Å². The van der Waals surface area contributed by atoms with Crippen molar-refractivity contribution in [1.82, 2.24) is 19.4 Å². The first kappa shape index (κ1) is 18.1. The van der Waals surface area contributed by atoms with E-state index in [2.05, 4.69) is 9.97 Å². The number of nitrogens with zero attached hydrogens (tertiary/aromatic N) is 4. The monoisotopic (exact) mass is 370 g/mol. The SMILES string of the molecule is CSc1ncc(C(=O)N(C)CCc2ccccn2)n1-c1ccc(F)cc1. The Morgan fingerprint density at radius 3 is 2.62 bits per heavy atom. The maximum Gasteiger partial charge on any atom is 0.272 e. The van der Waals surface area contributed by atoms with Crippen LogP contribution < -0.4 is 0 Å². The lowest BCUT2D eigenvalue weighted by molar-refractivity contribution is 0.0788. The average molecular weight is 370 g/mol. The van der Waals surface area contributed by atoms with Gasteiger partial charge in [0.05, 0.1) is 6.20 Å². The summed E-state index contributed by atoms with van der Waals surface area (Å²) in [6, 6.07) is 11.8. The van der Waals surface area contributed by atoms with Crippen LogP contribution >= 0.6 is 11.8 Å². The van der Waals surface area contributed by atoms with Gasteiger partial charge in [-0.2, -0.15) is 0 Å². The molecule has 0 radical (unpaired) electrons. The first-order chi connectivity index (χ1) is 12.6. The van der Waals surface area contributed by atoms with E-state index in [9.17, 15) is 9.18 Å². The van der Waals surface area contributed by atoms with Crippen molar-refractivity contribution in [3.63, 3.8) is 0 Å². The summed E-state index contributed by atoms with van der Waals surface area (Å²) in [7, 11) is 1.76. The number of imidazole rings is 1. The van der Waals surface area contributed by atoms with E-state index < -0.39 is 0 Å². The van der Waals surface area contributed by atoms with Crippen LogP contribution in [0.4, 0.5) is 4.39 Å². The van der Waals surface area contributed by atoms with E-state index in [1.54, 1.807) is 41.0 Å². The van der Waals surface area contributed by atoms with Crippen LogP contribution in [-0.4, -0.2) is 45.2 Å². The number of hydrogen-bond donors (Lipinski definition) is 0. The molecule has 3 aromatic rings. The van der Waals surface area contributed by atoms with Crippen LogP contribution in [0.15, 0.2) is 60.0 Å². The zero-order valence-electron chi connectivity index (χ0n) is 14.6. The molecule has 26 heavy (non-hydrogen) atoms. The fraction of sp³-hybridized carbons (Fsp3) is 0.211. The van der Waals surface area contributed by atoms with Crippen molar-refractivity contribution in [1.29, 1.82) is 0 Å². The van der Waals surface area contributed by atoms with E-state index in [-0.39, 0.29) is 11.7 Å². The van der Waals surface area contributed by atoms with E-state index in [1.807, 2.05) is 24.5 Å². The predicted molar refractivity (Wildman–Crippen MR) is 100 cm³/mol. The van der Waals surface area contributed by atoms with E-state index in [1.165, 1.54) is 23.9 Å². The third kappa shape index (κ3) is 3.94. The van der Waals surface area contributed by atoms with E-state index in [0.29, 0.717) is 29.5 Å². The molecule has 134 valence electrons. The molecule has 2 aromatic heterocycles. The number of carbonyl (C=O) groups excluding carboxylic acids is 1. The minimum atomic E-state index is -0.320. The van der Waals surface area contributed by atoms with Gasteiger partial charge in [0, 0.05) is 37.6 Å². The van der Waals surface area contributed by atoms with Crippen LogP contribution in [0.25, 0.3) is 5.69 Å². The Labute approximate surface area is 155 Å². The van der Waals surface area contributed by atoms with Crippen LogP contribution in [0.1, 0.15) is 16.2 Å².